The van der Waals surface area contributed by atoms with Crippen LogP contribution in [0, 0.1) is 45.6 Å². The van der Waals surface area contributed by atoms with Crippen LogP contribution >= 0.6 is 17.0 Å². The van der Waals surface area contributed by atoms with E-state index in [9.17, 15) is 0 Å². The molecule has 0 unspecified atom stereocenters. The molecule has 0 aromatic heterocycles. The summed E-state index contributed by atoms with van der Waals surface area (Å²) in [5, 5.41) is 8.43. The minimum Gasteiger partial charge on any atom is -0.184 e. The van der Waals surface area contributed by atoms with Crippen LogP contribution in [0.15, 0.2) is 127 Å². The fourth-order valence-corrected chi connectivity index (χ4v) is 10.5. The molecule has 1 aliphatic rings. The molecule has 8 aromatic rings. The maximum absolute atomic E-state index is 4.93. The van der Waals surface area contributed by atoms with Gasteiger partial charge in [0.1, 0.15) is 0 Å². The Bertz CT molecular complexity index is 2520. The van der Waals surface area contributed by atoms with Gasteiger partial charge in [-0.15, -0.1) is 74.6 Å². The standard InChI is InChI=1S/2C23H27.C12H7Si.2ClH.Zr/c2*1-6-19-7-8-20-13-18(9-15(2)3)14-22(20)23(19)21-11-16(4)10-17(5)12-21;1-3-7-11-9(5-1)10-6-2-4-8-12(10)13-11;;;/h2*7-8,10-15H,6,9H2,1-5H3;1-7H;2*1H;/q3*-1;;;+2/p-2. The summed E-state index contributed by atoms with van der Waals surface area (Å²) in [6, 6.07) is 50.8. The van der Waals surface area contributed by atoms with Crippen molar-refractivity contribution in [3.63, 3.8) is 0 Å². The molecule has 0 fully saturated rings. The SMILES string of the molecule is CCc1ccc2[cH-]c(CC(C)C)cc2c1-c1cc(C)cc(C)c1.CCc1ccc2[cH-]c(CC(C)C)cc2c1-c1cc(C)cc(C)c1.[Cl][Zr][Cl].[c-]1cccc2c1[Si]c1ccccc1-2. The Morgan fingerprint density at radius 2 is 1.00 bits per heavy atom. The zero-order valence-corrected chi connectivity index (χ0v) is 43.3. The summed E-state index contributed by atoms with van der Waals surface area (Å²) in [4.78, 5) is 0. The van der Waals surface area contributed by atoms with Crippen molar-refractivity contribution < 1.29 is 20.8 Å². The monoisotopic (exact) mass is 945 g/mol. The minimum atomic E-state index is -0.826. The summed E-state index contributed by atoms with van der Waals surface area (Å²) in [6.07, 6.45) is 4.46. The molecule has 0 spiro atoms. The zero-order valence-electron chi connectivity index (χ0n) is 38.4. The molecule has 0 atom stereocenters. The molecule has 62 heavy (non-hydrogen) atoms. The number of rotatable bonds is 8. The predicted molar refractivity (Wildman–Crippen MR) is 272 cm³/mol. The van der Waals surface area contributed by atoms with Crippen LogP contribution in [0.1, 0.15) is 86.1 Å². The van der Waals surface area contributed by atoms with Gasteiger partial charge in [0.2, 0.25) is 0 Å². The van der Waals surface area contributed by atoms with Crippen molar-refractivity contribution in [2.45, 2.75) is 94.9 Å². The average Bonchev–Trinajstić information content (AvgIpc) is 3.94. The van der Waals surface area contributed by atoms with E-state index < -0.39 is 20.8 Å². The van der Waals surface area contributed by atoms with Gasteiger partial charge in [-0.1, -0.05) is 157 Å². The average molecular weight is 948 g/mol. The molecule has 0 bridgehead atoms. The van der Waals surface area contributed by atoms with Crippen molar-refractivity contribution in [2.75, 3.05) is 0 Å². The second-order valence-electron chi connectivity index (χ2n) is 17.8. The first-order valence-corrected chi connectivity index (χ1v) is 29.6. The van der Waals surface area contributed by atoms with Crippen molar-refractivity contribution in [1.82, 2.24) is 0 Å². The van der Waals surface area contributed by atoms with Gasteiger partial charge in [0, 0.05) is 0 Å². The molecular formula is C58H61Cl2SiZr-3. The van der Waals surface area contributed by atoms with Gasteiger partial charge in [0.05, 0.1) is 9.52 Å². The van der Waals surface area contributed by atoms with Gasteiger partial charge < -0.3 is 0 Å². The van der Waals surface area contributed by atoms with Crippen molar-refractivity contribution >= 4 is 58.5 Å². The molecule has 0 amide bonds. The van der Waals surface area contributed by atoms with Crippen molar-refractivity contribution in [2.24, 2.45) is 11.8 Å². The van der Waals surface area contributed by atoms with Crippen LogP contribution in [0.2, 0.25) is 0 Å². The molecule has 0 aliphatic carbocycles. The Labute approximate surface area is 394 Å². The molecule has 4 heteroatoms. The van der Waals surface area contributed by atoms with E-state index >= 15 is 0 Å². The quantitative estimate of drug-likeness (QED) is 0.105. The Hall–Kier alpha value is -3.78. The third kappa shape index (κ3) is 11.9. The van der Waals surface area contributed by atoms with E-state index in [2.05, 4.69) is 197 Å². The first-order chi connectivity index (χ1) is 29.8. The number of halogens is 2. The number of fused-ring (bicyclic) bond motifs is 5. The first kappa shape index (κ1) is 47.7. The van der Waals surface area contributed by atoms with E-state index in [0.29, 0.717) is 11.8 Å². The van der Waals surface area contributed by atoms with Gasteiger partial charge >= 0.3 is 37.9 Å². The Morgan fingerprint density at radius 1 is 0.565 bits per heavy atom. The smallest absolute Gasteiger partial charge is 0.0920 e. The molecule has 0 N–H and O–H groups in total. The van der Waals surface area contributed by atoms with Gasteiger partial charge in [-0.25, -0.2) is 0 Å². The summed E-state index contributed by atoms with van der Waals surface area (Å²) in [5.41, 5.74) is 19.6. The van der Waals surface area contributed by atoms with Crippen molar-refractivity contribution in [1.29, 1.82) is 0 Å². The third-order valence-corrected chi connectivity index (χ3v) is 12.8. The topological polar surface area (TPSA) is 0 Å². The van der Waals surface area contributed by atoms with Crippen LogP contribution in [-0.4, -0.2) is 9.52 Å². The molecule has 0 saturated heterocycles. The number of aryl methyl sites for hydroxylation is 6. The van der Waals surface area contributed by atoms with Crippen LogP contribution in [0.4, 0.5) is 0 Å². The summed E-state index contributed by atoms with van der Waals surface area (Å²) in [7, 11) is 10.7. The van der Waals surface area contributed by atoms with Crippen molar-refractivity contribution in [3.05, 3.63) is 178 Å². The van der Waals surface area contributed by atoms with Gasteiger partial charge in [0.25, 0.3) is 0 Å². The summed E-state index contributed by atoms with van der Waals surface area (Å²) >= 11 is -0.826. The van der Waals surface area contributed by atoms with E-state index in [0.717, 1.165) is 35.2 Å². The molecule has 8 aromatic carbocycles. The molecule has 2 radical (unpaired) electrons. The minimum absolute atomic E-state index is 0.696. The molecular weight excluding hydrogens is 887 g/mol. The predicted octanol–water partition coefficient (Wildman–Crippen LogP) is 15.7. The van der Waals surface area contributed by atoms with Crippen LogP contribution in [0.25, 0.3) is 54.9 Å². The molecule has 318 valence electrons. The molecule has 1 heterocycles. The van der Waals surface area contributed by atoms with Gasteiger partial charge in [-0.3, -0.25) is 0 Å². The maximum Gasteiger partial charge on any atom is 0.0920 e. The van der Waals surface area contributed by atoms with E-state index in [4.69, 9.17) is 17.0 Å². The number of benzene rings is 6. The Morgan fingerprint density at radius 3 is 1.44 bits per heavy atom. The van der Waals surface area contributed by atoms with Gasteiger partial charge in [-0.05, 0) is 76.3 Å². The molecule has 9 rings (SSSR count). The van der Waals surface area contributed by atoms with Crippen LogP contribution < -0.4 is 10.4 Å². The second kappa shape index (κ2) is 22.2. The normalized spacial score (nSPS) is 11.4. The summed E-state index contributed by atoms with van der Waals surface area (Å²) in [5.74, 6) is 1.39. The van der Waals surface area contributed by atoms with E-state index in [-0.39, 0.29) is 0 Å². The zero-order chi connectivity index (χ0) is 44.5. The van der Waals surface area contributed by atoms with Crippen LogP contribution in [-0.2, 0) is 46.5 Å². The van der Waals surface area contributed by atoms with Gasteiger partial charge in [-0.2, -0.15) is 41.6 Å². The molecule has 0 nitrogen and oxygen atoms in total. The largest absolute Gasteiger partial charge is 0.184 e. The molecule has 1 aliphatic heterocycles. The fraction of sp³-hybridized carbons (Fsp3) is 0.276. The molecule has 0 saturated carbocycles. The van der Waals surface area contributed by atoms with Gasteiger partial charge in [0.15, 0.2) is 0 Å². The van der Waals surface area contributed by atoms with Crippen molar-refractivity contribution in [3.8, 4) is 33.4 Å². The second-order valence-corrected chi connectivity index (χ2v) is 22.8. The van der Waals surface area contributed by atoms with Crippen LogP contribution in [0.5, 0.6) is 0 Å². The fourth-order valence-electron chi connectivity index (χ4n) is 9.19. The number of hydrogen-bond acceptors (Lipinski definition) is 0. The van der Waals surface area contributed by atoms with E-state index in [1.165, 1.54) is 110 Å². The Balaban J connectivity index is 0.000000155. The number of hydrogen-bond donors (Lipinski definition) is 0. The van der Waals surface area contributed by atoms with Crippen LogP contribution in [0.3, 0.4) is 0 Å². The van der Waals surface area contributed by atoms with E-state index in [1.54, 1.807) is 0 Å². The Kier molecular flexibility index (Phi) is 17.1. The summed E-state index contributed by atoms with van der Waals surface area (Å²) in [6.45, 7) is 22.4. The summed E-state index contributed by atoms with van der Waals surface area (Å²) < 4.78 is 0. The van der Waals surface area contributed by atoms with E-state index in [1.807, 2.05) is 6.07 Å². The maximum atomic E-state index is 4.93. The first-order valence-electron chi connectivity index (χ1n) is 22.2. The third-order valence-electron chi connectivity index (χ3n) is 11.5.